The summed E-state index contributed by atoms with van der Waals surface area (Å²) in [5.74, 6) is 0.613. The summed E-state index contributed by atoms with van der Waals surface area (Å²) in [5.41, 5.74) is -7.75. The molecule has 322 valence electrons. The summed E-state index contributed by atoms with van der Waals surface area (Å²) in [6.07, 6.45) is -12.5. The Labute approximate surface area is 335 Å². The van der Waals surface area contributed by atoms with E-state index in [0.29, 0.717) is 55.7 Å². The van der Waals surface area contributed by atoms with Crippen molar-refractivity contribution in [3.63, 3.8) is 0 Å². The molecule has 2 N–H and O–H groups in total. The van der Waals surface area contributed by atoms with Crippen molar-refractivity contribution in [2.24, 2.45) is 0 Å². The molecule has 6 heterocycles. The highest BCUT2D eigenvalue weighted by Gasteiger charge is 2.85. The van der Waals surface area contributed by atoms with Crippen molar-refractivity contribution < 1.29 is 62.9 Å². The normalized spacial score (nSPS) is 23.8. The summed E-state index contributed by atoms with van der Waals surface area (Å²) in [6, 6.07) is 3.38. The number of hydrogen-bond acceptors (Lipinski definition) is 9. The van der Waals surface area contributed by atoms with Gasteiger partial charge in [0, 0.05) is 42.2 Å². The molecular formula is C40H37F11N6O3. The minimum absolute atomic E-state index is 0.00398. The van der Waals surface area contributed by atoms with Crippen LogP contribution in [0.5, 0.6) is 11.8 Å². The number of nitrogens with zero attached hydrogens (tertiary/aromatic N) is 5. The number of aromatic nitrogens is 3. The summed E-state index contributed by atoms with van der Waals surface area (Å²) in [5, 5.41) is 14.9. The van der Waals surface area contributed by atoms with E-state index in [4.69, 9.17) is 21.1 Å². The number of fused-ring (bicyclic) bond motifs is 4. The van der Waals surface area contributed by atoms with Crippen LogP contribution in [0, 0.1) is 24.0 Å². The molecule has 9 nitrogen and oxygen atoms in total. The van der Waals surface area contributed by atoms with E-state index < -0.39 is 54.0 Å². The Kier molecular flexibility index (Phi) is 10.3. The predicted octanol–water partition coefficient (Wildman–Crippen LogP) is 8.13. The zero-order chi connectivity index (χ0) is 43.2. The van der Waals surface area contributed by atoms with Crippen LogP contribution < -0.4 is 15.0 Å². The number of alkyl halides is 9. The first-order valence-electron chi connectivity index (χ1n) is 19.3. The van der Waals surface area contributed by atoms with Crippen molar-refractivity contribution in [1.29, 1.82) is 0 Å². The van der Waals surface area contributed by atoms with Crippen LogP contribution in [0.15, 0.2) is 24.3 Å². The summed E-state index contributed by atoms with van der Waals surface area (Å²) in [7, 11) is 0. The molecule has 3 saturated heterocycles. The second-order valence-electron chi connectivity index (χ2n) is 15.8. The highest BCUT2D eigenvalue weighted by atomic mass is 19.4. The molecule has 4 atom stereocenters. The Morgan fingerprint density at radius 3 is 2.38 bits per heavy atom. The van der Waals surface area contributed by atoms with Gasteiger partial charge in [0.2, 0.25) is 0 Å². The van der Waals surface area contributed by atoms with Gasteiger partial charge in [-0.05, 0) is 75.1 Å². The fourth-order valence-corrected chi connectivity index (χ4v) is 9.49. The summed E-state index contributed by atoms with van der Waals surface area (Å²) >= 11 is 0. The van der Waals surface area contributed by atoms with E-state index in [2.05, 4.69) is 21.0 Å². The number of pyridine rings is 1. The fraction of sp³-hybridized carbons (Fsp3) is 0.525. The number of terminal acetylenes is 1. The third kappa shape index (κ3) is 6.62. The number of aryl methyl sites for hydroxylation is 1. The molecule has 60 heavy (non-hydrogen) atoms. The molecule has 0 aliphatic carbocycles. The monoisotopic (exact) mass is 858 g/mol. The van der Waals surface area contributed by atoms with E-state index in [0.717, 1.165) is 12.5 Å². The molecule has 2 aromatic carbocycles. The van der Waals surface area contributed by atoms with Gasteiger partial charge >= 0.3 is 30.1 Å². The number of anilines is 1. The molecule has 0 bridgehead atoms. The fourth-order valence-electron chi connectivity index (χ4n) is 9.49. The molecular weight excluding hydrogens is 821 g/mol. The second kappa shape index (κ2) is 14.7. The van der Waals surface area contributed by atoms with Gasteiger partial charge in [-0.25, -0.2) is 13.8 Å². The molecule has 4 aliphatic rings. The van der Waals surface area contributed by atoms with Gasteiger partial charge in [0.05, 0.1) is 28.8 Å². The molecule has 0 radical (unpaired) electrons. The van der Waals surface area contributed by atoms with Gasteiger partial charge in [-0.1, -0.05) is 18.9 Å². The van der Waals surface area contributed by atoms with Crippen molar-refractivity contribution in [2.45, 2.75) is 99.7 Å². The van der Waals surface area contributed by atoms with Crippen molar-refractivity contribution in [3.8, 4) is 35.4 Å². The molecule has 0 saturated carbocycles. The van der Waals surface area contributed by atoms with Crippen LogP contribution in [-0.4, -0.2) is 106 Å². The number of phenolic OH excluding ortho intramolecular Hbond substituents is 1. The molecule has 3 fully saturated rings. The Bertz CT molecular complexity index is 2350. The van der Waals surface area contributed by atoms with Crippen LogP contribution >= 0.6 is 0 Å². The maximum absolute atomic E-state index is 17.3. The lowest BCUT2D eigenvalue weighted by Crippen LogP contribution is -2.68. The molecule has 4 aliphatic heterocycles. The predicted molar refractivity (Wildman–Crippen MR) is 195 cm³/mol. The zero-order valence-electron chi connectivity index (χ0n) is 31.8. The Balaban J connectivity index is 1.19. The quantitative estimate of drug-likeness (QED) is 0.135. The molecule has 2 aromatic heterocycles. The van der Waals surface area contributed by atoms with Gasteiger partial charge in [-0.2, -0.15) is 49.5 Å². The lowest BCUT2D eigenvalue weighted by molar-refractivity contribution is -0.458. The number of halogens is 11. The number of phenols is 1. The maximum atomic E-state index is 17.3. The Morgan fingerprint density at radius 1 is 0.967 bits per heavy atom. The Morgan fingerprint density at radius 2 is 1.70 bits per heavy atom. The zero-order valence-corrected chi connectivity index (χ0v) is 31.8. The van der Waals surface area contributed by atoms with Crippen LogP contribution in [0.4, 0.5) is 54.1 Å². The first-order valence-corrected chi connectivity index (χ1v) is 19.3. The standard InChI is InChI=1S/C40H37F11N6O3/c1-3-21-17-56-22(16-52-21)7-9-28-30-33(31(42)32(53-28)26-15-24(58)14-20-6-8-27(41)25(4-2)29(20)26)54-35(55-34(30)56)59-19-36-11-5-13-57(36)23(10-12-36)18-60-37(38(43,44)45,39(46,47)48)40(49,50)51/h2,6,8,14-15,21-23,52,58H,3,5,7,9-13,16-19H2,1H3/t21-,22-,23+,36+/m1/s1. The average molecular weight is 859 g/mol. The van der Waals surface area contributed by atoms with Crippen molar-refractivity contribution in [1.82, 2.24) is 25.2 Å². The largest absolute Gasteiger partial charge is 0.508 e. The number of ether oxygens (including phenoxy) is 2. The number of hydrogen-bond donors (Lipinski definition) is 2. The topological polar surface area (TPSA) is 95.9 Å². The molecule has 20 heteroatoms. The minimum Gasteiger partial charge on any atom is -0.508 e. The highest BCUT2D eigenvalue weighted by Crippen LogP contribution is 2.55. The third-order valence-electron chi connectivity index (χ3n) is 12.4. The summed E-state index contributed by atoms with van der Waals surface area (Å²) < 4.78 is 165. The minimum atomic E-state index is -6.86. The van der Waals surface area contributed by atoms with Gasteiger partial charge in [0.15, 0.2) is 5.82 Å². The molecule has 4 aromatic rings. The van der Waals surface area contributed by atoms with Crippen molar-refractivity contribution in [2.75, 3.05) is 37.7 Å². The first-order chi connectivity index (χ1) is 28.2. The lowest BCUT2D eigenvalue weighted by atomic mass is 9.95. The maximum Gasteiger partial charge on any atom is 0.435 e. The van der Waals surface area contributed by atoms with Gasteiger partial charge in [-0.15, -0.1) is 6.42 Å². The molecule has 0 amide bonds. The van der Waals surface area contributed by atoms with Gasteiger partial charge in [0.1, 0.15) is 35.2 Å². The van der Waals surface area contributed by atoms with Gasteiger partial charge < -0.3 is 24.8 Å². The first kappa shape index (κ1) is 42.0. The molecule has 8 rings (SSSR count). The smallest absolute Gasteiger partial charge is 0.435 e. The van der Waals surface area contributed by atoms with E-state index in [1.807, 2.05) is 11.8 Å². The Hall–Kier alpha value is -4.74. The van der Waals surface area contributed by atoms with Gasteiger partial charge in [0.25, 0.3) is 0 Å². The summed E-state index contributed by atoms with van der Waals surface area (Å²) in [6.45, 7) is 1.30. The van der Waals surface area contributed by atoms with Crippen LogP contribution in [0.25, 0.3) is 32.9 Å². The van der Waals surface area contributed by atoms with Gasteiger partial charge in [-0.3, -0.25) is 4.90 Å². The van der Waals surface area contributed by atoms with Crippen molar-refractivity contribution in [3.05, 3.63) is 47.2 Å². The van der Waals surface area contributed by atoms with Crippen LogP contribution in [-0.2, 0) is 11.2 Å². The van der Waals surface area contributed by atoms with E-state index in [1.54, 1.807) is 0 Å². The van der Waals surface area contributed by atoms with E-state index in [-0.39, 0.29) is 82.9 Å². The number of rotatable bonds is 8. The number of piperazine rings is 1. The second-order valence-corrected chi connectivity index (χ2v) is 15.8. The van der Waals surface area contributed by atoms with E-state index in [1.165, 1.54) is 23.1 Å². The van der Waals surface area contributed by atoms with Crippen LogP contribution in [0.2, 0.25) is 0 Å². The van der Waals surface area contributed by atoms with Crippen LogP contribution in [0.3, 0.4) is 0 Å². The average Bonchev–Trinajstić information content (AvgIpc) is 3.70. The summed E-state index contributed by atoms with van der Waals surface area (Å²) in [4.78, 5) is 17.5. The SMILES string of the molecule is C#Cc1c(F)ccc2cc(O)cc(-c3nc4c5c(nc(OC[C@@]67CCCN6[C@H](COC(C(F)(F)F)(C(F)(F)F)C(F)(F)F)CC7)nc5c3F)N3C[C@@H](CC)NC[C@H]3CC4)c12. The van der Waals surface area contributed by atoms with E-state index >= 15 is 8.78 Å². The number of benzene rings is 2. The number of aromatic hydroxyl groups is 1. The lowest BCUT2D eigenvalue weighted by Gasteiger charge is -2.40. The number of nitrogens with one attached hydrogen (secondary N) is 1. The van der Waals surface area contributed by atoms with Crippen LogP contribution in [0.1, 0.15) is 56.7 Å². The van der Waals surface area contributed by atoms with E-state index in [9.17, 15) is 44.6 Å². The highest BCUT2D eigenvalue weighted by molar-refractivity contribution is 6.03. The molecule has 0 spiro atoms. The molecule has 0 unspecified atom stereocenters. The van der Waals surface area contributed by atoms with Crippen molar-refractivity contribution >= 4 is 27.5 Å². The third-order valence-corrected chi connectivity index (χ3v) is 12.4.